The minimum absolute atomic E-state index is 0.279. The van der Waals surface area contributed by atoms with Crippen LogP contribution < -0.4 is 0 Å². The average molecular weight is 168 g/mol. The van der Waals surface area contributed by atoms with Crippen molar-refractivity contribution in [3.63, 3.8) is 0 Å². The summed E-state index contributed by atoms with van der Waals surface area (Å²) in [5.74, 6) is 1.81. The van der Waals surface area contributed by atoms with Crippen LogP contribution in [0.25, 0.3) is 0 Å². The van der Waals surface area contributed by atoms with Crippen molar-refractivity contribution in [2.75, 3.05) is 0 Å². The van der Waals surface area contributed by atoms with Crippen LogP contribution in [0.1, 0.15) is 37.7 Å². The van der Waals surface area contributed by atoms with Crippen molar-refractivity contribution < 1.29 is 9.52 Å². The molecule has 0 fully saturated rings. The summed E-state index contributed by atoms with van der Waals surface area (Å²) in [4.78, 5) is 0. The predicted molar refractivity (Wildman–Crippen MR) is 48.3 cm³/mol. The molecule has 0 unspecified atom stereocenters. The van der Waals surface area contributed by atoms with Gasteiger partial charge in [0.2, 0.25) is 0 Å². The molecule has 0 aliphatic heterocycles. The molecular formula is C10H16O2. The van der Waals surface area contributed by atoms with E-state index in [1.54, 1.807) is 13.0 Å². The first-order chi connectivity index (χ1) is 5.74. The Morgan fingerprint density at radius 1 is 1.42 bits per heavy atom. The van der Waals surface area contributed by atoms with Gasteiger partial charge < -0.3 is 9.52 Å². The topological polar surface area (TPSA) is 33.4 Å². The lowest BCUT2D eigenvalue weighted by atomic mass is 10.2. The highest BCUT2D eigenvalue weighted by molar-refractivity contribution is 5.25. The van der Waals surface area contributed by atoms with Crippen LogP contribution in [0.4, 0.5) is 0 Å². The summed E-state index contributed by atoms with van der Waals surface area (Å²) < 4.78 is 5.31. The molecule has 1 N–H and O–H groups in total. The average Bonchev–Trinajstić information content (AvgIpc) is 2.32. The highest BCUT2D eigenvalue weighted by Gasteiger charge is 2.04. The van der Waals surface area contributed by atoms with Crippen LogP contribution in [0.15, 0.2) is 10.5 Å². The molecule has 2 heteroatoms. The molecule has 12 heavy (non-hydrogen) atoms. The fraction of sp³-hybridized carbons (Fsp3) is 0.600. The minimum Gasteiger partial charge on any atom is -0.504 e. The van der Waals surface area contributed by atoms with Gasteiger partial charge in [-0.3, -0.25) is 0 Å². The largest absolute Gasteiger partial charge is 0.504 e. The molecule has 0 amide bonds. The molecule has 2 nitrogen and oxygen atoms in total. The van der Waals surface area contributed by atoms with Crippen molar-refractivity contribution in [3.8, 4) is 5.75 Å². The Hall–Kier alpha value is -0.920. The first-order valence-electron chi connectivity index (χ1n) is 4.52. The summed E-state index contributed by atoms with van der Waals surface area (Å²) in [5.41, 5.74) is 0. The van der Waals surface area contributed by atoms with E-state index in [9.17, 15) is 5.11 Å². The van der Waals surface area contributed by atoms with E-state index in [2.05, 4.69) is 6.92 Å². The second kappa shape index (κ2) is 4.19. The molecule has 68 valence electrons. The fourth-order valence-electron chi connectivity index (χ4n) is 1.20. The van der Waals surface area contributed by atoms with Crippen molar-refractivity contribution in [2.45, 2.75) is 39.5 Å². The first kappa shape index (κ1) is 9.17. The molecule has 0 saturated heterocycles. The highest BCUT2D eigenvalue weighted by atomic mass is 16.4. The molecule has 0 aliphatic carbocycles. The monoisotopic (exact) mass is 168 g/mol. The Labute approximate surface area is 73.2 Å². The number of furan rings is 1. The molecule has 0 aromatic carbocycles. The van der Waals surface area contributed by atoms with Crippen LogP contribution in [0, 0.1) is 6.92 Å². The van der Waals surface area contributed by atoms with Crippen LogP contribution in [0.3, 0.4) is 0 Å². The van der Waals surface area contributed by atoms with Crippen molar-refractivity contribution >= 4 is 0 Å². The van der Waals surface area contributed by atoms with Crippen LogP contribution >= 0.6 is 0 Å². The molecule has 0 saturated carbocycles. The van der Waals surface area contributed by atoms with Gasteiger partial charge in [-0.25, -0.2) is 0 Å². The summed E-state index contributed by atoms with van der Waals surface area (Å²) in [5, 5.41) is 9.20. The van der Waals surface area contributed by atoms with E-state index in [0.717, 1.165) is 18.6 Å². The molecule has 1 aromatic rings. The zero-order chi connectivity index (χ0) is 8.97. The van der Waals surface area contributed by atoms with E-state index >= 15 is 0 Å². The number of aryl methyl sites for hydroxylation is 2. The molecule has 0 spiro atoms. The van der Waals surface area contributed by atoms with Gasteiger partial charge in [-0.1, -0.05) is 19.8 Å². The highest BCUT2D eigenvalue weighted by Crippen LogP contribution is 2.21. The third kappa shape index (κ3) is 2.29. The number of unbranched alkanes of at least 4 members (excludes halogenated alkanes) is 2. The molecule has 0 atom stereocenters. The lowest BCUT2D eigenvalue weighted by Gasteiger charge is -1.93. The Balaban J connectivity index is 2.42. The summed E-state index contributed by atoms with van der Waals surface area (Å²) in [6.45, 7) is 3.95. The van der Waals surface area contributed by atoms with Crippen LogP contribution in [0.2, 0.25) is 0 Å². The summed E-state index contributed by atoms with van der Waals surface area (Å²) in [6.07, 6.45) is 4.52. The van der Waals surface area contributed by atoms with Gasteiger partial charge in [0, 0.05) is 12.5 Å². The summed E-state index contributed by atoms with van der Waals surface area (Å²) >= 11 is 0. The smallest absolute Gasteiger partial charge is 0.156 e. The lowest BCUT2D eigenvalue weighted by Crippen LogP contribution is -1.80. The Kier molecular flexibility index (Phi) is 3.20. The van der Waals surface area contributed by atoms with Gasteiger partial charge in [0.05, 0.1) is 0 Å². The lowest BCUT2D eigenvalue weighted by molar-refractivity contribution is 0.430. The third-order valence-electron chi connectivity index (χ3n) is 1.97. The van der Waals surface area contributed by atoms with Gasteiger partial charge in [-0.05, 0) is 13.3 Å². The van der Waals surface area contributed by atoms with Crippen molar-refractivity contribution in [3.05, 3.63) is 17.6 Å². The Morgan fingerprint density at radius 2 is 2.17 bits per heavy atom. The third-order valence-corrected chi connectivity index (χ3v) is 1.97. The molecule has 0 aliphatic rings. The SMILES string of the molecule is CCCCCc1cc(O)c(C)o1. The maximum Gasteiger partial charge on any atom is 0.156 e. The maximum absolute atomic E-state index is 9.20. The summed E-state index contributed by atoms with van der Waals surface area (Å²) in [6, 6.07) is 1.71. The van der Waals surface area contributed by atoms with Crippen molar-refractivity contribution in [2.24, 2.45) is 0 Å². The second-order valence-corrected chi connectivity index (χ2v) is 3.11. The quantitative estimate of drug-likeness (QED) is 0.701. The Bertz CT molecular complexity index is 218. The van der Waals surface area contributed by atoms with Crippen LogP contribution in [0.5, 0.6) is 5.75 Å². The van der Waals surface area contributed by atoms with E-state index in [0.29, 0.717) is 5.76 Å². The van der Waals surface area contributed by atoms with E-state index in [1.807, 2.05) is 0 Å². The van der Waals surface area contributed by atoms with Gasteiger partial charge in [0.15, 0.2) is 5.75 Å². The standard InChI is InChI=1S/C10H16O2/c1-3-4-5-6-9-7-10(11)8(2)12-9/h7,11H,3-6H2,1-2H3. The van der Waals surface area contributed by atoms with Crippen LogP contribution in [-0.4, -0.2) is 5.11 Å². The number of hydrogen-bond acceptors (Lipinski definition) is 2. The van der Waals surface area contributed by atoms with E-state index in [-0.39, 0.29) is 5.75 Å². The number of hydrogen-bond donors (Lipinski definition) is 1. The second-order valence-electron chi connectivity index (χ2n) is 3.11. The summed E-state index contributed by atoms with van der Waals surface area (Å²) in [7, 11) is 0. The number of aromatic hydroxyl groups is 1. The number of rotatable bonds is 4. The van der Waals surface area contributed by atoms with E-state index < -0.39 is 0 Å². The minimum atomic E-state index is 0.279. The molecule has 1 heterocycles. The van der Waals surface area contributed by atoms with E-state index in [1.165, 1.54) is 12.8 Å². The molecule has 1 rings (SSSR count). The fourth-order valence-corrected chi connectivity index (χ4v) is 1.20. The normalized spacial score (nSPS) is 10.5. The van der Waals surface area contributed by atoms with Crippen molar-refractivity contribution in [1.29, 1.82) is 0 Å². The van der Waals surface area contributed by atoms with Gasteiger partial charge in [-0.15, -0.1) is 0 Å². The van der Waals surface area contributed by atoms with Gasteiger partial charge >= 0.3 is 0 Å². The first-order valence-corrected chi connectivity index (χ1v) is 4.52. The van der Waals surface area contributed by atoms with Crippen LogP contribution in [-0.2, 0) is 6.42 Å². The zero-order valence-electron chi connectivity index (χ0n) is 7.76. The van der Waals surface area contributed by atoms with Gasteiger partial charge in [0.25, 0.3) is 0 Å². The zero-order valence-corrected chi connectivity index (χ0v) is 7.76. The molecule has 0 bridgehead atoms. The van der Waals surface area contributed by atoms with Crippen molar-refractivity contribution in [1.82, 2.24) is 0 Å². The maximum atomic E-state index is 9.20. The van der Waals surface area contributed by atoms with Gasteiger partial charge in [-0.2, -0.15) is 0 Å². The molecule has 1 aromatic heterocycles. The Morgan fingerprint density at radius 3 is 2.67 bits per heavy atom. The molecule has 0 radical (unpaired) electrons. The predicted octanol–water partition coefficient (Wildman–Crippen LogP) is 3.03. The molecular weight excluding hydrogens is 152 g/mol. The van der Waals surface area contributed by atoms with Gasteiger partial charge in [0.1, 0.15) is 11.5 Å². The van der Waals surface area contributed by atoms with E-state index in [4.69, 9.17) is 4.42 Å².